The van der Waals surface area contributed by atoms with Gasteiger partial charge in [0.25, 0.3) is 0 Å². The summed E-state index contributed by atoms with van der Waals surface area (Å²) in [5.74, 6) is 2.89. The molecule has 3 nitrogen and oxygen atoms in total. The van der Waals surface area contributed by atoms with Gasteiger partial charge in [-0.25, -0.2) is 0 Å². The first-order valence-corrected chi connectivity index (χ1v) is 5.68. The van der Waals surface area contributed by atoms with Gasteiger partial charge in [-0.2, -0.15) is 0 Å². The van der Waals surface area contributed by atoms with E-state index < -0.39 is 0 Å². The van der Waals surface area contributed by atoms with Crippen molar-refractivity contribution in [1.29, 1.82) is 0 Å². The van der Waals surface area contributed by atoms with Crippen LogP contribution in [0.1, 0.15) is 32.6 Å². The van der Waals surface area contributed by atoms with Crippen LogP contribution in [0, 0.1) is 12.3 Å². The summed E-state index contributed by atoms with van der Waals surface area (Å²) in [7, 11) is 1.83. The van der Waals surface area contributed by atoms with Gasteiger partial charge in [-0.15, -0.1) is 6.42 Å². The number of hydrogen-bond donors (Lipinski definition) is 1. The summed E-state index contributed by atoms with van der Waals surface area (Å²) in [6.45, 7) is 2.90. The fourth-order valence-electron chi connectivity index (χ4n) is 2.08. The first-order valence-electron chi connectivity index (χ1n) is 5.68. The van der Waals surface area contributed by atoms with E-state index >= 15 is 0 Å². The van der Waals surface area contributed by atoms with Crippen LogP contribution in [0.25, 0.3) is 0 Å². The van der Waals surface area contributed by atoms with E-state index in [9.17, 15) is 4.79 Å². The SMILES string of the molecule is C#CC(CCC)N1CCCC(NC)C1=O. The topological polar surface area (TPSA) is 32.3 Å². The molecule has 84 valence electrons. The van der Waals surface area contributed by atoms with Crippen LogP contribution >= 0.6 is 0 Å². The number of nitrogens with zero attached hydrogens (tertiary/aromatic N) is 1. The fourth-order valence-corrected chi connectivity index (χ4v) is 2.08. The van der Waals surface area contributed by atoms with Crippen LogP contribution in [0.2, 0.25) is 0 Å². The van der Waals surface area contributed by atoms with E-state index in [1.807, 2.05) is 11.9 Å². The van der Waals surface area contributed by atoms with Gasteiger partial charge in [0.2, 0.25) is 5.91 Å². The van der Waals surface area contributed by atoms with Crippen LogP contribution in [-0.4, -0.2) is 36.5 Å². The highest BCUT2D eigenvalue weighted by Crippen LogP contribution is 2.16. The predicted octanol–water partition coefficient (Wildman–Crippen LogP) is 0.999. The third-order valence-electron chi connectivity index (χ3n) is 2.95. The molecular weight excluding hydrogens is 188 g/mol. The lowest BCUT2D eigenvalue weighted by Gasteiger charge is -2.35. The lowest BCUT2D eigenvalue weighted by atomic mass is 10.0. The molecule has 2 atom stereocenters. The summed E-state index contributed by atoms with van der Waals surface area (Å²) in [5, 5.41) is 3.04. The number of hydrogen-bond acceptors (Lipinski definition) is 2. The van der Waals surface area contributed by atoms with Crippen molar-refractivity contribution >= 4 is 5.91 Å². The van der Waals surface area contributed by atoms with E-state index in [1.54, 1.807) is 0 Å². The number of likely N-dealkylation sites (N-methyl/N-ethyl adjacent to an activating group) is 1. The molecule has 0 radical (unpaired) electrons. The Kier molecular flexibility index (Phi) is 4.64. The molecule has 2 unspecified atom stereocenters. The number of carbonyl (C=O) groups is 1. The van der Waals surface area contributed by atoms with Gasteiger partial charge in [0.05, 0.1) is 12.1 Å². The van der Waals surface area contributed by atoms with Crippen LogP contribution in [-0.2, 0) is 4.79 Å². The maximum absolute atomic E-state index is 12.0. The Balaban J connectivity index is 2.67. The predicted molar refractivity (Wildman–Crippen MR) is 61.3 cm³/mol. The Bertz CT molecular complexity index is 257. The molecule has 0 spiro atoms. The number of nitrogens with one attached hydrogen (secondary N) is 1. The third kappa shape index (κ3) is 2.73. The molecule has 1 saturated heterocycles. The Labute approximate surface area is 92.2 Å². The molecule has 1 aliphatic heterocycles. The number of carbonyl (C=O) groups excluding carboxylic acids is 1. The maximum atomic E-state index is 12.0. The molecule has 1 N–H and O–H groups in total. The van der Waals surface area contributed by atoms with E-state index in [0.717, 1.165) is 32.2 Å². The van der Waals surface area contributed by atoms with Crippen molar-refractivity contribution < 1.29 is 4.79 Å². The smallest absolute Gasteiger partial charge is 0.240 e. The van der Waals surface area contributed by atoms with E-state index in [0.29, 0.717) is 0 Å². The molecule has 0 aliphatic carbocycles. The quantitative estimate of drug-likeness (QED) is 0.699. The molecule has 1 aliphatic rings. The molecule has 0 saturated carbocycles. The van der Waals surface area contributed by atoms with Gasteiger partial charge < -0.3 is 10.2 Å². The molecule has 1 heterocycles. The number of likely N-dealkylation sites (tertiary alicyclic amines) is 1. The normalized spacial score (nSPS) is 23.7. The van der Waals surface area contributed by atoms with Crippen LogP contribution in [0.15, 0.2) is 0 Å². The van der Waals surface area contributed by atoms with E-state index in [2.05, 4.69) is 18.2 Å². The average molecular weight is 208 g/mol. The monoisotopic (exact) mass is 208 g/mol. The molecule has 1 rings (SSSR count). The summed E-state index contributed by atoms with van der Waals surface area (Å²) in [6.07, 6.45) is 9.36. The molecule has 0 aromatic heterocycles. The Morgan fingerprint density at radius 1 is 1.73 bits per heavy atom. The zero-order chi connectivity index (χ0) is 11.3. The van der Waals surface area contributed by atoms with Gasteiger partial charge in [0, 0.05) is 6.54 Å². The fraction of sp³-hybridized carbons (Fsp3) is 0.750. The zero-order valence-corrected chi connectivity index (χ0v) is 9.62. The maximum Gasteiger partial charge on any atom is 0.240 e. The van der Waals surface area contributed by atoms with Gasteiger partial charge >= 0.3 is 0 Å². The average Bonchev–Trinajstić information content (AvgIpc) is 2.27. The lowest BCUT2D eigenvalue weighted by Crippen LogP contribution is -2.53. The van der Waals surface area contributed by atoms with Gasteiger partial charge in [-0.05, 0) is 26.3 Å². The van der Waals surface area contributed by atoms with Crippen molar-refractivity contribution in [1.82, 2.24) is 10.2 Å². The van der Waals surface area contributed by atoms with Gasteiger partial charge in [0.15, 0.2) is 0 Å². The zero-order valence-electron chi connectivity index (χ0n) is 9.62. The number of piperidine rings is 1. The molecule has 0 aromatic carbocycles. The van der Waals surface area contributed by atoms with E-state index in [1.165, 1.54) is 0 Å². The van der Waals surface area contributed by atoms with E-state index in [4.69, 9.17) is 6.42 Å². The minimum Gasteiger partial charge on any atom is -0.327 e. The molecule has 1 fully saturated rings. The second-order valence-corrected chi connectivity index (χ2v) is 3.99. The van der Waals surface area contributed by atoms with Gasteiger partial charge in [-0.1, -0.05) is 19.3 Å². The number of rotatable bonds is 4. The molecule has 15 heavy (non-hydrogen) atoms. The van der Waals surface area contributed by atoms with Crippen molar-refractivity contribution in [3.05, 3.63) is 0 Å². The molecule has 0 bridgehead atoms. The Morgan fingerprint density at radius 3 is 3.00 bits per heavy atom. The van der Waals surface area contributed by atoms with E-state index in [-0.39, 0.29) is 18.0 Å². The standard InChI is InChI=1S/C12H20N2O/c1-4-7-10(5-2)14-9-6-8-11(13-3)12(14)15/h2,10-11,13H,4,6-9H2,1,3H3. The Morgan fingerprint density at radius 2 is 2.47 bits per heavy atom. The van der Waals surface area contributed by atoms with Crippen LogP contribution in [0.5, 0.6) is 0 Å². The van der Waals surface area contributed by atoms with Crippen molar-refractivity contribution in [2.45, 2.75) is 44.7 Å². The van der Waals surface area contributed by atoms with Crippen molar-refractivity contribution in [2.24, 2.45) is 0 Å². The largest absolute Gasteiger partial charge is 0.327 e. The van der Waals surface area contributed by atoms with Crippen LogP contribution in [0.4, 0.5) is 0 Å². The summed E-state index contributed by atoms with van der Waals surface area (Å²) < 4.78 is 0. The number of terminal acetylenes is 1. The Hall–Kier alpha value is -1.01. The first-order chi connectivity index (χ1) is 7.24. The van der Waals surface area contributed by atoms with Crippen molar-refractivity contribution in [3.8, 4) is 12.3 Å². The van der Waals surface area contributed by atoms with Gasteiger partial charge in [0.1, 0.15) is 0 Å². The lowest BCUT2D eigenvalue weighted by molar-refractivity contribution is -0.137. The molecule has 1 amide bonds. The second-order valence-electron chi connectivity index (χ2n) is 3.99. The minimum absolute atomic E-state index is 0.0151. The summed E-state index contributed by atoms with van der Waals surface area (Å²) >= 11 is 0. The molecule has 3 heteroatoms. The number of amides is 1. The highest BCUT2D eigenvalue weighted by atomic mass is 16.2. The first kappa shape index (κ1) is 12.1. The van der Waals surface area contributed by atoms with Gasteiger partial charge in [-0.3, -0.25) is 4.79 Å². The molecular formula is C12H20N2O. The third-order valence-corrected chi connectivity index (χ3v) is 2.95. The molecule has 0 aromatic rings. The highest BCUT2D eigenvalue weighted by Gasteiger charge is 2.30. The van der Waals surface area contributed by atoms with Crippen molar-refractivity contribution in [3.63, 3.8) is 0 Å². The van der Waals surface area contributed by atoms with Crippen LogP contribution in [0.3, 0.4) is 0 Å². The van der Waals surface area contributed by atoms with Crippen molar-refractivity contribution in [2.75, 3.05) is 13.6 Å². The summed E-state index contributed by atoms with van der Waals surface area (Å²) in [4.78, 5) is 13.9. The second kappa shape index (κ2) is 5.77. The summed E-state index contributed by atoms with van der Waals surface area (Å²) in [6, 6.07) is -0.0508. The summed E-state index contributed by atoms with van der Waals surface area (Å²) in [5.41, 5.74) is 0. The minimum atomic E-state index is -0.0357. The highest BCUT2D eigenvalue weighted by molar-refractivity contribution is 5.83. The van der Waals surface area contributed by atoms with Crippen LogP contribution < -0.4 is 5.32 Å².